The van der Waals surface area contributed by atoms with Gasteiger partial charge in [-0.15, -0.1) is 16.8 Å². The first kappa shape index (κ1) is 18.1. The molecule has 5 nitrogen and oxygen atoms in total. The molecule has 1 aromatic carbocycles. The highest BCUT2D eigenvalue weighted by Crippen LogP contribution is 2.32. The highest BCUT2D eigenvalue weighted by molar-refractivity contribution is 8.02. The van der Waals surface area contributed by atoms with Gasteiger partial charge in [-0.25, -0.2) is 0 Å². The zero-order chi connectivity index (χ0) is 16.8. The van der Waals surface area contributed by atoms with Crippen molar-refractivity contribution in [1.29, 1.82) is 0 Å². The van der Waals surface area contributed by atoms with Crippen LogP contribution >= 0.6 is 46.3 Å². The SMILES string of the molecule is C=CCNc1nnc(S[C@@H](C)C(=O)Nc2c(Cl)cccc2Cl)s1. The lowest BCUT2D eigenvalue weighted by Gasteiger charge is -2.12. The molecule has 0 bridgehead atoms. The van der Waals surface area contributed by atoms with Crippen LogP contribution in [0.4, 0.5) is 10.8 Å². The molecule has 1 atom stereocenters. The number of carbonyl (C=O) groups is 1. The van der Waals surface area contributed by atoms with E-state index in [1.165, 1.54) is 23.1 Å². The molecule has 2 aromatic rings. The van der Waals surface area contributed by atoms with Crippen LogP contribution < -0.4 is 10.6 Å². The molecule has 0 aliphatic heterocycles. The molecule has 23 heavy (non-hydrogen) atoms. The Morgan fingerprint density at radius 2 is 2.13 bits per heavy atom. The van der Waals surface area contributed by atoms with Crippen molar-refractivity contribution in [2.75, 3.05) is 17.2 Å². The van der Waals surface area contributed by atoms with Gasteiger partial charge in [0.05, 0.1) is 21.0 Å². The van der Waals surface area contributed by atoms with Gasteiger partial charge in [0.2, 0.25) is 11.0 Å². The Labute approximate surface area is 152 Å². The summed E-state index contributed by atoms with van der Waals surface area (Å²) in [5.74, 6) is -0.208. The van der Waals surface area contributed by atoms with Gasteiger partial charge in [-0.1, -0.05) is 58.4 Å². The van der Waals surface area contributed by atoms with Crippen LogP contribution in [0.3, 0.4) is 0 Å². The zero-order valence-corrected chi connectivity index (χ0v) is 15.3. The predicted octanol–water partition coefficient (Wildman–Crippen LogP) is 4.56. The molecule has 0 aliphatic rings. The standard InChI is InChI=1S/C14H14Cl2N4OS2/c1-3-7-17-13-19-20-14(23-13)22-8(2)12(21)18-11-9(15)5-4-6-10(11)16/h3-6,8H,1,7H2,2H3,(H,17,19)(H,18,21)/t8-/m0/s1. The molecule has 0 saturated carbocycles. The summed E-state index contributed by atoms with van der Waals surface area (Å²) in [6.45, 7) is 6.01. The molecule has 0 aliphatic carbocycles. The minimum Gasteiger partial charge on any atom is -0.357 e. The van der Waals surface area contributed by atoms with Crippen molar-refractivity contribution in [2.45, 2.75) is 16.5 Å². The maximum Gasteiger partial charge on any atom is 0.237 e. The fourth-order valence-corrected chi connectivity index (χ4v) is 3.93. The molecule has 0 radical (unpaired) electrons. The summed E-state index contributed by atoms with van der Waals surface area (Å²) in [5.41, 5.74) is 0.416. The second kappa shape index (κ2) is 8.54. The molecule has 2 rings (SSSR count). The normalized spacial score (nSPS) is 11.8. The van der Waals surface area contributed by atoms with Gasteiger partial charge in [0.25, 0.3) is 0 Å². The summed E-state index contributed by atoms with van der Waals surface area (Å²) >= 11 is 14.8. The molecule has 1 aromatic heterocycles. The predicted molar refractivity (Wildman–Crippen MR) is 99.0 cm³/mol. The molecule has 9 heteroatoms. The monoisotopic (exact) mass is 388 g/mol. The molecule has 0 unspecified atom stereocenters. The lowest BCUT2D eigenvalue weighted by Crippen LogP contribution is -2.22. The fraction of sp³-hybridized carbons (Fsp3) is 0.214. The first-order valence-electron chi connectivity index (χ1n) is 6.61. The van der Waals surface area contributed by atoms with Crippen LogP contribution in [0.5, 0.6) is 0 Å². The minimum atomic E-state index is -0.373. The Hall–Kier alpha value is -1.28. The number of carbonyl (C=O) groups excluding carboxylic acids is 1. The number of nitrogens with one attached hydrogen (secondary N) is 2. The summed E-state index contributed by atoms with van der Waals surface area (Å²) in [6, 6.07) is 5.06. The van der Waals surface area contributed by atoms with E-state index in [4.69, 9.17) is 23.2 Å². The minimum absolute atomic E-state index is 0.208. The van der Waals surface area contributed by atoms with Crippen molar-refractivity contribution in [3.8, 4) is 0 Å². The van der Waals surface area contributed by atoms with Crippen LogP contribution in [0, 0.1) is 0 Å². The molecule has 122 valence electrons. The second-order valence-electron chi connectivity index (χ2n) is 4.39. The Balaban J connectivity index is 1.97. The molecular weight excluding hydrogens is 375 g/mol. The van der Waals surface area contributed by atoms with Gasteiger partial charge in [0.1, 0.15) is 0 Å². The lowest BCUT2D eigenvalue weighted by atomic mass is 10.3. The van der Waals surface area contributed by atoms with Crippen molar-refractivity contribution in [2.24, 2.45) is 0 Å². The van der Waals surface area contributed by atoms with E-state index in [-0.39, 0.29) is 11.2 Å². The number of rotatable bonds is 7. The summed E-state index contributed by atoms with van der Waals surface area (Å²) in [7, 11) is 0. The quantitative estimate of drug-likeness (QED) is 0.537. The molecule has 0 spiro atoms. The zero-order valence-electron chi connectivity index (χ0n) is 12.2. The topological polar surface area (TPSA) is 66.9 Å². The van der Waals surface area contributed by atoms with E-state index in [2.05, 4.69) is 27.4 Å². The lowest BCUT2D eigenvalue weighted by molar-refractivity contribution is -0.115. The van der Waals surface area contributed by atoms with Crippen LogP contribution in [0.2, 0.25) is 10.0 Å². The van der Waals surface area contributed by atoms with E-state index >= 15 is 0 Å². The fourth-order valence-electron chi connectivity index (χ4n) is 1.54. The molecule has 1 heterocycles. The number of nitrogens with zero attached hydrogens (tertiary/aromatic N) is 2. The van der Waals surface area contributed by atoms with Crippen molar-refractivity contribution in [3.63, 3.8) is 0 Å². The summed E-state index contributed by atoms with van der Waals surface area (Å²) in [6.07, 6.45) is 1.73. The maximum atomic E-state index is 12.3. The second-order valence-corrected chi connectivity index (χ2v) is 7.77. The highest BCUT2D eigenvalue weighted by atomic mass is 35.5. The van der Waals surface area contributed by atoms with Gasteiger partial charge in [-0.3, -0.25) is 4.79 Å². The van der Waals surface area contributed by atoms with Crippen LogP contribution in [-0.4, -0.2) is 27.9 Å². The van der Waals surface area contributed by atoms with Crippen LogP contribution in [0.25, 0.3) is 0 Å². The summed E-state index contributed by atoms with van der Waals surface area (Å²) in [5, 5.41) is 14.9. The van der Waals surface area contributed by atoms with E-state index in [1.807, 2.05) is 0 Å². The van der Waals surface area contributed by atoms with Gasteiger partial charge >= 0.3 is 0 Å². The number of benzene rings is 1. The third-order valence-electron chi connectivity index (χ3n) is 2.66. The number of anilines is 2. The Bertz CT molecular complexity index is 688. The van der Waals surface area contributed by atoms with E-state index in [0.29, 0.717) is 31.7 Å². The average molecular weight is 389 g/mol. The molecule has 2 N–H and O–H groups in total. The van der Waals surface area contributed by atoms with Gasteiger partial charge in [-0.05, 0) is 19.1 Å². The molecular formula is C14H14Cl2N4OS2. The van der Waals surface area contributed by atoms with Gasteiger partial charge in [0.15, 0.2) is 4.34 Å². The summed E-state index contributed by atoms with van der Waals surface area (Å²) < 4.78 is 0.699. The first-order chi connectivity index (χ1) is 11.0. The van der Waals surface area contributed by atoms with Crippen molar-refractivity contribution >= 4 is 63.0 Å². The number of hydrogen-bond donors (Lipinski definition) is 2. The molecule has 1 amide bonds. The van der Waals surface area contributed by atoms with Crippen molar-refractivity contribution < 1.29 is 4.79 Å². The van der Waals surface area contributed by atoms with Gasteiger partial charge in [0, 0.05) is 6.54 Å². The van der Waals surface area contributed by atoms with E-state index in [1.54, 1.807) is 31.2 Å². The Kier molecular flexibility index (Phi) is 6.71. The largest absolute Gasteiger partial charge is 0.357 e. The molecule has 0 saturated heterocycles. The highest BCUT2D eigenvalue weighted by Gasteiger charge is 2.19. The number of halogens is 2. The van der Waals surface area contributed by atoms with E-state index < -0.39 is 0 Å². The van der Waals surface area contributed by atoms with E-state index in [0.717, 1.165) is 0 Å². The third kappa shape index (κ3) is 5.10. The van der Waals surface area contributed by atoms with E-state index in [9.17, 15) is 4.79 Å². The van der Waals surface area contributed by atoms with Crippen molar-refractivity contribution in [3.05, 3.63) is 40.9 Å². The number of para-hydroxylation sites is 1. The van der Waals surface area contributed by atoms with Crippen LogP contribution in [0.1, 0.15) is 6.92 Å². The Morgan fingerprint density at radius 3 is 2.78 bits per heavy atom. The first-order valence-corrected chi connectivity index (χ1v) is 9.06. The maximum absolute atomic E-state index is 12.3. The Morgan fingerprint density at radius 1 is 1.43 bits per heavy atom. The smallest absolute Gasteiger partial charge is 0.237 e. The number of hydrogen-bond acceptors (Lipinski definition) is 6. The van der Waals surface area contributed by atoms with Crippen LogP contribution in [0.15, 0.2) is 35.2 Å². The van der Waals surface area contributed by atoms with Gasteiger partial charge in [-0.2, -0.15) is 0 Å². The number of aromatic nitrogens is 2. The third-order valence-corrected chi connectivity index (χ3v) is 5.36. The van der Waals surface area contributed by atoms with Gasteiger partial charge < -0.3 is 10.6 Å². The van der Waals surface area contributed by atoms with Crippen molar-refractivity contribution in [1.82, 2.24) is 10.2 Å². The average Bonchev–Trinajstić information content (AvgIpc) is 2.96. The summed E-state index contributed by atoms with van der Waals surface area (Å²) in [4.78, 5) is 12.3. The molecule has 0 fully saturated rings. The number of amides is 1. The van der Waals surface area contributed by atoms with Crippen LogP contribution in [-0.2, 0) is 4.79 Å². The number of thioether (sulfide) groups is 1.